The van der Waals surface area contributed by atoms with E-state index in [-0.39, 0.29) is 11.5 Å². The Bertz CT molecular complexity index is 375. The first-order chi connectivity index (χ1) is 7.81. The zero-order chi connectivity index (χ0) is 12.7. The summed E-state index contributed by atoms with van der Waals surface area (Å²) in [7, 11) is -3.06. The average Bonchev–Trinajstić information content (AvgIpc) is 2.97. The van der Waals surface area contributed by atoms with Gasteiger partial charge in [-0.25, -0.2) is 12.7 Å². The fourth-order valence-electron chi connectivity index (χ4n) is 2.65. The lowest BCUT2D eigenvalue weighted by atomic mass is 9.88. The number of hydrogen-bond acceptors (Lipinski definition) is 3. The third-order valence-corrected chi connectivity index (χ3v) is 5.62. The van der Waals surface area contributed by atoms with Crippen LogP contribution in [-0.2, 0) is 10.0 Å². The van der Waals surface area contributed by atoms with Gasteiger partial charge in [-0.2, -0.15) is 0 Å². The molecular weight excluding hydrogens is 238 g/mol. The highest BCUT2D eigenvalue weighted by atomic mass is 32.2. The molecule has 0 spiro atoms. The van der Waals surface area contributed by atoms with Gasteiger partial charge in [0.1, 0.15) is 0 Å². The van der Waals surface area contributed by atoms with E-state index in [9.17, 15) is 13.5 Å². The second-order valence-electron chi connectivity index (χ2n) is 6.03. The third kappa shape index (κ3) is 3.20. The van der Waals surface area contributed by atoms with Crippen LogP contribution in [0.1, 0.15) is 39.0 Å². The number of rotatable bonds is 4. The first-order valence-corrected chi connectivity index (χ1v) is 8.29. The molecule has 100 valence electrons. The number of hydrogen-bond donors (Lipinski definition) is 1. The van der Waals surface area contributed by atoms with Crippen molar-refractivity contribution in [3.63, 3.8) is 0 Å². The molecule has 2 fully saturated rings. The van der Waals surface area contributed by atoms with Crippen LogP contribution in [0.5, 0.6) is 0 Å². The molecule has 0 bridgehead atoms. The molecule has 0 amide bonds. The van der Waals surface area contributed by atoms with Gasteiger partial charge >= 0.3 is 0 Å². The van der Waals surface area contributed by atoms with E-state index in [1.165, 1.54) is 6.26 Å². The van der Waals surface area contributed by atoms with Gasteiger partial charge in [-0.05, 0) is 43.4 Å². The minimum Gasteiger partial charge on any atom is -0.393 e. The maximum Gasteiger partial charge on any atom is 0.211 e. The van der Waals surface area contributed by atoms with Crippen molar-refractivity contribution in [3.8, 4) is 0 Å². The lowest BCUT2D eigenvalue weighted by Gasteiger charge is -2.33. The first kappa shape index (κ1) is 13.3. The van der Waals surface area contributed by atoms with Gasteiger partial charge < -0.3 is 5.11 Å². The second-order valence-corrected chi connectivity index (χ2v) is 8.02. The van der Waals surface area contributed by atoms with E-state index >= 15 is 0 Å². The minimum atomic E-state index is -3.06. The molecule has 2 aliphatic rings. The zero-order valence-electron chi connectivity index (χ0n) is 10.7. The summed E-state index contributed by atoms with van der Waals surface area (Å²) >= 11 is 0. The van der Waals surface area contributed by atoms with Crippen LogP contribution in [-0.4, -0.2) is 43.3 Å². The van der Waals surface area contributed by atoms with Crippen molar-refractivity contribution in [1.29, 1.82) is 0 Å². The number of aliphatic hydroxyl groups is 1. The summed E-state index contributed by atoms with van der Waals surface area (Å²) in [5, 5.41) is 10.1. The third-order valence-electron chi connectivity index (χ3n) is 4.35. The molecule has 4 nitrogen and oxygen atoms in total. The quantitative estimate of drug-likeness (QED) is 0.827. The molecular formula is C12H23NO3S. The maximum absolute atomic E-state index is 11.5. The molecule has 1 aliphatic carbocycles. The highest BCUT2D eigenvalue weighted by Crippen LogP contribution is 2.50. The molecule has 1 N–H and O–H groups in total. The van der Waals surface area contributed by atoms with Crippen molar-refractivity contribution in [2.75, 3.05) is 19.3 Å². The second kappa shape index (κ2) is 4.52. The van der Waals surface area contributed by atoms with E-state index in [4.69, 9.17) is 0 Å². The van der Waals surface area contributed by atoms with Crippen molar-refractivity contribution >= 4 is 10.0 Å². The number of piperidine rings is 1. The van der Waals surface area contributed by atoms with Crippen molar-refractivity contribution in [2.24, 2.45) is 11.3 Å². The van der Waals surface area contributed by atoms with Crippen molar-refractivity contribution in [2.45, 2.75) is 45.1 Å². The fourth-order valence-corrected chi connectivity index (χ4v) is 3.59. The minimum absolute atomic E-state index is 0.118. The van der Waals surface area contributed by atoms with Crippen molar-refractivity contribution in [3.05, 3.63) is 0 Å². The first-order valence-electron chi connectivity index (χ1n) is 6.44. The van der Waals surface area contributed by atoms with Gasteiger partial charge in [-0.15, -0.1) is 0 Å². The van der Waals surface area contributed by atoms with Crippen LogP contribution in [0, 0.1) is 11.3 Å². The Morgan fingerprint density at radius 1 is 1.47 bits per heavy atom. The van der Waals surface area contributed by atoms with E-state index < -0.39 is 10.0 Å². The van der Waals surface area contributed by atoms with E-state index in [1.807, 2.05) is 0 Å². The summed E-state index contributed by atoms with van der Waals surface area (Å²) in [4.78, 5) is 0. The Morgan fingerprint density at radius 2 is 2.12 bits per heavy atom. The highest BCUT2D eigenvalue weighted by Gasteiger charge is 2.45. The molecule has 17 heavy (non-hydrogen) atoms. The Balaban J connectivity index is 1.89. The monoisotopic (exact) mass is 261 g/mol. The van der Waals surface area contributed by atoms with Crippen molar-refractivity contribution < 1.29 is 13.5 Å². The Hall–Kier alpha value is -0.130. The molecule has 2 atom stereocenters. The standard InChI is InChI=1S/C12H23NO3S/c1-12(5-6-12)11(14)8-10-4-3-7-13(9-10)17(2,15)16/h10-11,14H,3-9H2,1-2H3. The molecule has 0 aromatic carbocycles. The van der Waals surface area contributed by atoms with Crippen LogP contribution in [0.2, 0.25) is 0 Å². The fraction of sp³-hybridized carbons (Fsp3) is 1.00. The summed E-state index contributed by atoms with van der Waals surface area (Å²) in [6.45, 7) is 3.35. The van der Waals surface area contributed by atoms with Crippen LogP contribution in [0.3, 0.4) is 0 Å². The van der Waals surface area contributed by atoms with Gasteiger partial charge in [-0.1, -0.05) is 6.92 Å². The van der Waals surface area contributed by atoms with Gasteiger partial charge in [0.25, 0.3) is 0 Å². The molecule has 0 aromatic heterocycles. The highest BCUT2D eigenvalue weighted by molar-refractivity contribution is 7.88. The number of sulfonamides is 1. The molecule has 1 aliphatic heterocycles. The van der Waals surface area contributed by atoms with Gasteiger partial charge in [0.05, 0.1) is 12.4 Å². The summed E-state index contributed by atoms with van der Waals surface area (Å²) in [6, 6.07) is 0. The number of aliphatic hydroxyl groups excluding tert-OH is 1. The lowest BCUT2D eigenvalue weighted by molar-refractivity contribution is 0.0657. The van der Waals surface area contributed by atoms with Crippen molar-refractivity contribution in [1.82, 2.24) is 4.31 Å². The smallest absolute Gasteiger partial charge is 0.211 e. The zero-order valence-corrected chi connectivity index (χ0v) is 11.5. The van der Waals surface area contributed by atoms with Gasteiger partial charge in [-0.3, -0.25) is 0 Å². The largest absolute Gasteiger partial charge is 0.393 e. The predicted octanol–water partition coefficient (Wildman–Crippen LogP) is 1.21. The van der Waals surface area contributed by atoms with Gasteiger partial charge in [0.15, 0.2) is 0 Å². The topological polar surface area (TPSA) is 57.6 Å². The number of nitrogens with zero attached hydrogens (tertiary/aromatic N) is 1. The van der Waals surface area contributed by atoms with Crippen LogP contribution in [0.4, 0.5) is 0 Å². The van der Waals surface area contributed by atoms with E-state index in [1.54, 1.807) is 4.31 Å². The molecule has 5 heteroatoms. The summed E-state index contributed by atoms with van der Waals surface area (Å²) in [6.07, 6.45) is 5.94. The SMILES string of the molecule is CC1(C(O)CC2CCCN(S(C)(=O)=O)C2)CC1. The maximum atomic E-state index is 11.5. The predicted molar refractivity (Wildman–Crippen MR) is 67.1 cm³/mol. The lowest BCUT2D eigenvalue weighted by Crippen LogP contribution is -2.40. The molecule has 1 heterocycles. The average molecular weight is 261 g/mol. The molecule has 1 saturated heterocycles. The van der Waals surface area contributed by atoms with Gasteiger partial charge in [0.2, 0.25) is 10.0 Å². The molecule has 2 unspecified atom stereocenters. The Morgan fingerprint density at radius 3 is 2.65 bits per heavy atom. The normalized spacial score (nSPS) is 31.1. The summed E-state index contributed by atoms with van der Waals surface area (Å²) in [5.41, 5.74) is 0.118. The van der Waals surface area contributed by atoms with Crippen LogP contribution < -0.4 is 0 Å². The van der Waals surface area contributed by atoms with E-state index in [0.717, 1.165) is 32.1 Å². The van der Waals surface area contributed by atoms with Crippen LogP contribution >= 0.6 is 0 Å². The Kier molecular flexibility index (Phi) is 3.54. The molecule has 2 rings (SSSR count). The Labute approximate surface area is 104 Å². The van der Waals surface area contributed by atoms with Crippen LogP contribution in [0.25, 0.3) is 0 Å². The van der Waals surface area contributed by atoms with Gasteiger partial charge in [0, 0.05) is 13.1 Å². The molecule has 1 saturated carbocycles. The molecule has 0 radical (unpaired) electrons. The van der Waals surface area contributed by atoms with Crippen LogP contribution in [0.15, 0.2) is 0 Å². The van der Waals surface area contributed by atoms with E-state index in [2.05, 4.69) is 6.92 Å². The molecule has 0 aromatic rings. The summed E-state index contributed by atoms with van der Waals surface area (Å²) in [5.74, 6) is 0.325. The summed E-state index contributed by atoms with van der Waals surface area (Å²) < 4.78 is 24.5. The van der Waals surface area contributed by atoms with E-state index in [0.29, 0.717) is 19.0 Å².